The fourth-order valence-corrected chi connectivity index (χ4v) is 0.572. The summed E-state index contributed by atoms with van der Waals surface area (Å²) in [5.74, 6) is 2.88. The second kappa shape index (κ2) is 3.80. The molecule has 1 rings (SSSR count). The van der Waals surface area contributed by atoms with Crippen LogP contribution in [0.2, 0.25) is 0 Å². The van der Waals surface area contributed by atoms with E-state index in [1.54, 1.807) is 6.20 Å². The van der Waals surface area contributed by atoms with E-state index in [2.05, 4.69) is 15.9 Å². The van der Waals surface area contributed by atoms with Crippen LogP contribution < -0.4 is 5.73 Å². The molecule has 0 amide bonds. The van der Waals surface area contributed by atoms with Crippen LogP contribution in [0, 0.1) is 12.3 Å². The van der Waals surface area contributed by atoms with Gasteiger partial charge in [0, 0.05) is 6.20 Å². The Morgan fingerprint density at radius 2 is 2.50 bits per heavy atom. The Morgan fingerprint density at radius 1 is 1.80 bits per heavy atom. The first-order chi connectivity index (χ1) is 4.33. The third kappa shape index (κ3) is 2.00. The minimum Gasteiger partial charge on any atom is -0.369 e. The van der Waals surface area contributed by atoms with Crippen molar-refractivity contribution in [2.24, 2.45) is 0 Å². The van der Waals surface area contributed by atoms with Crippen LogP contribution in [0.1, 0.15) is 5.69 Å². The number of nitrogens with zero attached hydrogens (tertiary/aromatic N) is 1. The summed E-state index contributed by atoms with van der Waals surface area (Å²) in [4.78, 5) is 6.60. The molecule has 0 saturated carbocycles. The zero-order chi connectivity index (χ0) is 6.69. The van der Waals surface area contributed by atoms with Gasteiger partial charge in [0.05, 0.1) is 12.1 Å². The molecule has 1 aromatic rings. The van der Waals surface area contributed by atoms with E-state index in [-0.39, 0.29) is 12.4 Å². The van der Waals surface area contributed by atoms with Crippen LogP contribution in [0.4, 0.5) is 5.95 Å². The van der Waals surface area contributed by atoms with Gasteiger partial charge < -0.3 is 10.7 Å². The van der Waals surface area contributed by atoms with E-state index < -0.39 is 0 Å². The van der Waals surface area contributed by atoms with Crippen molar-refractivity contribution in [3.05, 3.63) is 11.9 Å². The summed E-state index contributed by atoms with van der Waals surface area (Å²) in [6.07, 6.45) is 7.26. The van der Waals surface area contributed by atoms with E-state index in [0.29, 0.717) is 12.4 Å². The van der Waals surface area contributed by atoms with Crippen molar-refractivity contribution in [1.82, 2.24) is 9.97 Å². The lowest BCUT2D eigenvalue weighted by molar-refractivity contribution is 1.19. The maximum absolute atomic E-state index is 5.27. The average molecular weight is 158 g/mol. The Labute approximate surface area is 65.4 Å². The van der Waals surface area contributed by atoms with Gasteiger partial charge in [0.25, 0.3) is 0 Å². The fourth-order valence-electron chi connectivity index (χ4n) is 0.572. The molecule has 0 fully saturated rings. The largest absolute Gasteiger partial charge is 0.369 e. The highest BCUT2D eigenvalue weighted by Crippen LogP contribution is 1.96. The molecule has 0 radical (unpaired) electrons. The molecule has 0 aliphatic carbocycles. The molecule has 0 aliphatic heterocycles. The van der Waals surface area contributed by atoms with Crippen LogP contribution in [0.3, 0.4) is 0 Å². The van der Waals surface area contributed by atoms with Crippen LogP contribution in [-0.2, 0) is 6.42 Å². The van der Waals surface area contributed by atoms with Crippen LogP contribution in [0.5, 0.6) is 0 Å². The van der Waals surface area contributed by atoms with Crippen LogP contribution in [0.25, 0.3) is 0 Å². The minimum atomic E-state index is 0. The number of nitrogens with one attached hydrogen (secondary N) is 1. The number of nitrogen functional groups attached to an aromatic ring is 1. The predicted octanol–water partition coefficient (Wildman–Crippen LogP) is 0.589. The Balaban J connectivity index is 0.000000810. The number of rotatable bonds is 1. The number of hydrogen-bond acceptors (Lipinski definition) is 2. The Morgan fingerprint density at radius 3 is 2.90 bits per heavy atom. The first kappa shape index (κ1) is 8.86. The molecule has 0 atom stereocenters. The smallest absolute Gasteiger partial charge is 0.197 e. The van der Waals surface area contributed by atoms with Crippen molar-refractivity contribution in [3.63, 3.8) is 0 Å². The van der Waals surface area contributed by atoms with Gasteiger partial charge in [-0.3, -0.25) is 0 Å². The molecule has 1 aromatic heterocycles. The van der Waals surface area contributed by atoms with Gasteiger partial charge in [0.15, 0.2) is 5.95 Å². The number of H-pyrrole nitrogens is 1. The SMILES string of the molecule is C#CCc1c[nH]c(N)n1.Cl. The molecule has 4 heteroatoms. The first-order valence-corrected chi connectivity index (χ1v) is 2.56. The van der Waals surface area contributed by atoms with E-state index in [0.717, 1.165) is 5.69 Å². The van der Waals surface area contributed by atoms with E-state index in [1.165, 1.54) is 0 Å². The first-order valence-electron chi connectivity index (χ1n) is 2.56. The molecule has 10 heavy (non-hydrogen) atoms. The predicted molar refractivity (Wildman–Crippen MR) is 42.8 cm³/mol. The lowest BCUT2D eigenvalue weighted by Gasteiger charge is -1.79. The Bertz CT molecular complexity index is 235. The quantitative estimate of drug-likeness (QED) is 0.587. The minimum absolute atomic E-state index is 0. The summed E-state index contributed by atoms with van der Waals surface area (Å²) in [6, 6.07) is 0. The van der Waals surface area contributed by atoms with Crippen molar-refractivity contribution < 1.29 is 0 Å². The van der Waals surface area contributed by atoms with Crippen LogP contribution in [-0.4, -0.2) is 9.97 Å². The van der Waals surface area contributed by atoms with E-state index >= 15 is 0 Å². The number of halogens is 1. The van der Waals surface area contributed by atoms with E-state index in [4.69, 9.17) is 12.2 Å². The van der Waals surface area contributed by atoms with Crippen LogP contribution >= 0.6 is 12.4 Å². The third-order valence-corrected chi connectivity index (χ3v) is 0.934. The molecule has 0 aliphatic rings. The summed E-state index contributed by atoms with van der Waals surface area (Å²) in [6.45, 7) is 0. The highest BCUT2D eigenvalue weighted by atomic mass is 35.5. The van der Waals surface area contributed by atoms with Crippen molar-refractivity contribution in [2.75, 3.05) is 5.73 Å². The molecule has 1 heterocycles. The van der Waals surface area contributed by atoms with Gasteiger partial charge in [-0.25, -0.2) is 4.98 Å². The normalized spacial score (nSPS) is 7.90. The van der Waals surface area contributed by atoms with Gasteiger partial charge in [0.1, 0.15) is 0 Å². The summed E-state index contributed by atoms with van der Waals surface area (Å²) < 4.78 is 0. The van der Waals surface area contributed by atoms with Crippen molar-refractivity contribution in [3.8, 4) is 12.3 Å². The van der Waals surface area contributed by atoms with Gasteiger partial charge in [-0.05, 0) is 0 Å². The van der Waals surface area contributed by atoms with Crippen molar-refractivity contribution in [2.45, 2.75) is 6.42 Å². The molecular formula is C6H8ClN3. The molecule has 0 bridgehead atoms. The molecule has 3 nitrogen and oxygen atoms in total. The molecule has 0 aromatic carbocycles. The molecule has 0 unspecified atom stereocenters. The highest BCUT2D eigenvalue weighted by Gasteiger charge is 1.92. The molecule has 0 spiro atoms. The zero-order valence-corrected chi connectivity index (χ0v) is 6.11. The van der Waals surface area contributed by atoms with Crippen molar-refractivity contribution >= 4 is 18.4 Å². The molecular weight excluding hydrogens is 150 g/mol. The van der Waals surface area contributed by atoms with Crippen LogP contribution in [0.15, 0.2) is 6.20 Å². The number of imidazole rings is 1. The maximum Gasteiger partial charge on any atom is 0.197 e. The summed E-state index contributed by atoms with van der Waals surface area (Å²) >= 11 is 0. The molecule has 3 N–H and O–H groups in total. The topological polar surface area (TPSA) is 54.7 Å². The third-order valence-electron chi connectivity index (χ3n) is 0.934. The fraction of sp³-hybridized carbons (Fsp3) is 0.167. The van der Waals surface area contributed by atoms with E-state index in [9.17, 15) is 0 Å². The molecule has 0 saturated heterocycles. The number of nitrogens with two attached hydrogens (primary N) is 1. The van der Waals surface area contributed by atoms with E-state index in [1.807, 2.05) is 0 Å². The summed E-state index contributed by atoms with van der Waals surface area (Å²) in [7, 11) is 0. The maximum atomic E-state index is 5.27. The standard InChI is InChI=1S/C6H7N3.ClH/c1-2-3-5-4-8-6(7)9-5;/h1,4H,3H2,(H3,7,8,9);1H. The summed E-state index contributed by atoms with van der Waals surface area (Å²) in [5, 5.41) is 0. The Kier molecular flexibility index (Phi) is 3.37. The van der Waals surface area contributed by atoms with Gasteiger partial charge in [0.2, 0.25) is 0 Å². The lowest BCUT2D eigenvalue weighted by atomic mass is 10.3. The van der Waals surface area contributed by atoms with Gasteiger partial charge >= 0.3 is 0 Å². The van der Waals surface area contributed by atoms with Gasteiger partial charge in [-0.15, -0.1) is 24.8 Å². The number of terminal acetylenes is 1. The van der Waals surface area contributed by atoms with Gasteiger partial charge in [-0.1, -0.05) is 0 Å². The highest BCUT2D eigenvalue weighted by molar-refractivity contribution is 5.85. The summed E-state index contributed by atoms with van der Waals surface area (Å²) in [5.41, 5.74) is 6.09. The zero-order valence-electron chi connectivity index (χ0n) is 5.29. The Hall–Kier alpha value is -1.14. The average Bonchev–Trinajstić information content (AvgIpc) is 2.17. The van der Waals surface area contributed by atoms with Gasteiger partial charge in [-0.2, -0.15) is 0 Å². The number of aromatic amines is 1. The second-order valence-corrected chi connectivity index (χ2v) is 1.66. The monoisotopic (exact) mass is 157 g/mol. The number of anilines is 1. The molecule has 54 valence electrons. The van der Waals surface area contributed by atoms with Crippen molar-refractivity contribution in [1.29, 1.82) is 0 Å². The number of aromatic nitrogens is 2. The number of hydrogen-bond donors (Lipinski definition) is 2. The second-order valence-electron chi connectivity index (χ2n) is 1.66. The lowest BCUT2D eigenvalue weighted by Crippen LogP contribution is -1.86.